The maximum Gasteiger partial charge on any atom is 0.0636 e. The number of rotatable bonds is 22. The number of hydrogen-bond donors (Lipinski definition) is 2. The lowest BCUT2D eigenvalue weighted by atomic mass is 9.95. The zero-order valence-corrected chi connectivity index (χ0v) is 19.2. The highest BCUT2D eigenvalue weighted by molar-refractivity contribution is 4.76. The molecule has 0 unspecified atom stereocenters. The van der Waals surface area contributed by atoms with Crippen molar-refractivity contribution in [3.63, 3.8) is 0 Å². The van der Waals surface area contributed by atoms with Crippen LogP contribution in [0.4, 0.5) is 0 Å². The standard InChI is InChI=1S/C25H54N2/c1-3-5-7-9-11-13-14-16-18-20-22-24-25(26,27)23-21-19-17-15-12-10-8-6-4-2/h3-24,26-27H2,1-2H3. The summed E-state index contributed by atoms with van der Waals surface area (Å²) >= 11 is 0. The van der Waals surface area contributed by atoms with Gasteiger partial charge in [-0.2, -0.15) is 0 Å². The average Bonchev–Trinajstić information content (AvgIpc) is 2.64. The van der Waals surface area contributed by atoms with Gasteiger partial charge in [0.05, 0.1) is 5.66 Å². The van der Waals surface area contributed by atoms with E-state index in [0.717, 1.165) is 12.8 Å². The van der Waals surface area contributed by atoms with Gasteiger partial charge in [0, 0.05) is 0 Å². The second-order valence-electron chi connectivity index (χ2n) is 9.10. The molecule has 0 saturated carbocycles. The van der Waals surface area contributed by atoms with Crippen LogP contribution in [0.15, 0.2) is 0 Å². The summed E-state index contributed by atoms with van der Waals surface area (Å²) in [5.41, 5.74) is 12.2. The molecule has 0 aliphatic heterocycles. The smallest absolute Gasteiger partial charge is 0.0636 e. The fourth-order valence-electron chi connectivity index (χ4n) is 4.01. The Morgan fingerprint density at radius 3 is 0.852 bits per heavy atom. The molecule has 0 fully saturated rings. The predicted octanol–water partition coefficient (Wildman–Crippen LogP) is 8.22. The van der Waals surface area contributed by atoms with Gasteiger partial charge in [-0.05, 0) is 12.8 Å². The normalized spacial score (nSPS) is 12.0. The van der Waals surface area contributed by atoms with Gasteiger partial charge in [0.25, 0.3) is 0 Å². The third-order valence-electron chi connectivity index (χ3n) is 5.99. The molecule has 0 bridgehead atoms. The summed E-state index contributed by atoms with van der Waals surface area (Å²) in [5, 5.41) is 0. The van der Waals surface area contributed by atoms with Gasteiger partial charge in [-0.1, -0.05) is 142 Å². The molecule has 0 heterocycles. The lowest BCUT2D eigenvalue weighted by Gasteiger charge is -2.24. The number of unbranched alkanes of at least 4 members (excludes halogenated alkanes) is 18. The van der Waals surface area contributed by atoms with Crippen molar-refractivity contribution in [2.45, 2.75) is 161 Å². The third-order valence-corrected chi connectivity index (χ3v) is 5.99. The second-order valence-corrected chi connectivity index (χ2v) is 9.10. The molecular weight excluding hydrogens is 328 g/mol. The van der Waals surface area contributed by atoms with Crippen LogP contribution in [0.1, 0.15) is 155 Å². The molecule has 2 heteroatoms. The third kappa shape index (κ3) is 22.1. The molecular formula is C25H54N2. The first-order valence-corrected chi connectivity index (χ1v) is 12.7. The number of hydrogen-bond acceptors (Lipinski definition) is 2. The van der Waals surface area contributed by atoms with Crippen LogP contribution in [0.2, 0.25) is 0 Å². The molecule has 0 rings (SSSR count). The molecule has 0 saturated heterocycles. The van der Waals surface area contributed by atoms with Gasteiger partial charge >= 0.3 is 0 Å². The van der Waals surface area contributed by atoms with E-state index in [4.69, 9.17) is 11.5 Å². The maximum atomic E-state index is 6.31. The summed E-state index contributed by atoms with van der Waals surface area (Å²) in [7, 11) is 0. The SMILES string of the molecule is CCCCCCCCCCCCCC(N)(N)CCCCCCCCCCC. The molecule has 0 aromatic carbocycles. The highest BCUT2D eigenvalue weighted by atomic mass is 14.9. The highest BCUT2D eigenvalue weighted by Gasteiger charge is 2.17. The Bertz CT molecular complexity index is 275. The van der Waals surface area contributed by atoms with Crippen molar-refractivity contribution in [1.82, 2.24) is 0 Å². The van der Waals surface area contributed by atoms with Gasteiger partial charge in [-0.15, -0.1) is 0 Å². The molecule has 164 valence electrons. The minimum absolute atomic E-state index is 0.416. The Morgan fingerprint density at radius 1 is 0.370 bits per heavy atom. The van der Waals surface area contributed by atoms with Crippen molar-refractivity contribution < 1.29 is 0 Å². The van der Waals surface area contributed by atoms with Gasteiger partial charge in [0.1, 0.15) is 0 Å². The average molecular weight is 383 g/mol. The summed E-state index contributed by atoms with van der Waals surface area (Å²) in [6, 6.07) is 0. The second kappa shape index (κ2) is 20.6. The first-order chi connectivity index (χ1) is 13.1. The largest absolute Gasteiger partial charge is 0.313 e. The van der Waals surface area contributed by atoms with Gasteiger partial charge in [0.2, 0.25) is 0 Å². The Morgan fingerprint density at radius 2 is 0.593 bits per heavy atom. The van der Waals surface area contributed by atoms with Gasteiger partial charge in [0.15, 0.2) is 0 Å². The van der Waals surface area contributed by atoms with Crippen molar-refractivity contribution in [3.8, 4) is 0 Å². The van der Waals surface area contributed by atoms with Crippen LogP contribution in [0.5, 0.6) is 0 Å². The zero-order valence-electron chi connectivity index (χ0n) is 19.2. The first-order valence-electron chi connectivity index (χ1n) is 12.7. The van der Waals surface area contributed by atoms with Crippen LogP contribution in [-0.4, -0.2) is 5.66 Å². The Balaban J connectivity index is 3.31. The van der Waals surface area contributed by atoms with Gasteiger partial charge in [-0.3, -0.25) is 0 Å². The van der Waals surface area contributed by atoms with Crippen molar-refractivity contribution in [3.05, 3.63) is 0 Å². The van der Waals surface area contributed by atoms with Gasteiger partial charge in [-0.25, -0.2) is 0 Å². The topological polar surface area (TPSA) is 52.0 Å². The van der Waals surface area contributed by atoms with Crippen molar-refractivity contribution in [2.75, 3.05) is 0 Å². The van der Waals surface area contributed by atoms with Crippen LogP contribution in [0, 0.1) is 0 Å². The van der Waals surface area contributed by atoms with Crippen molar-refractivity contribution in [1.29, 1.82) is 0 Å². The van der Waals surface area contributed by atoms with Crippen molar-refractivity contribution in [2.24, 2.45) is 11.5 Å². The fraction of sp³-hybridized carbons (Fsp3) is 1.00. The Kier molecular flexibility index (Phi) is 20.6. The minimum Gasteiger partial charge on any atom is -0.313 e. The Hall–Kier alpha value is -0.0800. The molecule has 0 aliphatic rings. The quantitative estimate of drug-likeness (QED) is 0.146. The summed E-state index contributed by atoms with van der Waals surface area (Å²) in [5.74, 6) is 0. The maximum absolute atomic E-state index is 6.31. The highest BCUT2D eigenvalue weighted by Crippen LogP contribution is 2.18. The van der Waals surface area contributed by atoms with Crippen LogP contribution >= 0.6 is 0 Å². The van der Waals surface area contributed by atoms with E-state index in [1.807, 2.05) is 0 Å². The van der Waals surface area contributed by atoms with E-state index < -0.39 is 5.66 Å². The summed E-state index contributed by atoms with van der Waals surface area (Å²) in [6.07, 6.45) is 29.5. The van der Waals surface area contributed by atoms with E-state index in [-0.39, 0.29) is 0 Å². The molecule has 2 nitrogen and oxygen atoms in total. The van der Waals surface area contributed by atoms with Crippen LogP contribution < -0.4 is 11.5 Å². The predicted molar refractivity (Wildman–Crippen MR) is 124 cm³/mol. The molecule has 0 spiro atoms. The monoisotopic (exact) mass is 382 g/mol. The van der Waals surface area contributed by atoms with E-state index in [1.54, 1.807) is 0 Å². The molecule has 0 aromatic heterocycles. The molecule has 0 radical (unpaired) electrons. The van der Waals surface area contributed by atoms with Crippen LogP contribution in [0.3, 0.4) is 0 Å². The number of nitrogens with two attached hydrogens (primary N) is 2. The van der Waals surface area contributed by atoms with E-state index in [1.165, 1.54) is 128 Å². The summed E-state index contributed by atoms with van der Waals surface area (Å²) < 4.78 is 0. The Labute approximate surface area is 172 Å². The van der Waals surface area contributed by atoms with E-state index in [0.29, 0.717) is 0 Å². The lowest BCUT2D eigenvalue weighted by Crippen LogP contribution is -2.49. The summed E-state index contributed by atoms with van der Waals surface area (Å²) in [4.78, 5) is 0. The van der Waals surface area contributed by atoms with E-state index in [2.05, 4.69) is 13.8 Å². The van der Waals surface area contributed by atoms with Crippen LogP contribution in [0.25, 0.3) is 0 Å². The van der Waals surface area contributed by atoms with Gasteiger partial charge < -0.3 is 11.5 Å². The van der Waals surface area contributed by atoms with Crippen LogP contribution in [-0.2, 0) is 0 Å². The summed E-state index contributed by atoms with van der Waals surface area (Å²) in [6.45, 7) is 4.57. The van der Waals surface area contributed by atoms with E-state index >= 15 is 0 Å². The molecule has 27 heavy (non-hydrogen) atoms. The molecule has 0 atom stereocenters. The van der Waals surface area contributed by atoms with E-state index in [9.17, 15) is 0 Å². The zero-order chi connectivity index (χ0) is 20.1. The first kappa shape index (κ1) is 26.9. The molecule has 0 aliphatic carbocycles. The fourth-order valence-corrected chi connectivity index (χ4v) is 4.01. The molecule has 0 aromatic rings. The minimum atomic E-state index is -0.416. The molecule has 4 N–H and O–H groups in total. The lowest BCUT2D eigenvalue weighted by molar-refractivity contribution is 0.345. The van der Waals surface area contributed by atoms with Crippen molar-refractivity contribution >= 4 is 0 Å². The molecule has 0 amide bonds.